The van der Waals surface area contributed by atoms with Crippen LogP contribution in [0.15, 0.2) is 18.2 Å². The van der Waals surface area contributed by atoms with E-state index in [0.29, 0.717) is 32.2 Å². The van der Waals surface area contributed by atoms with Gasteiger partial charge >= 0.3 is 5.97 Å². The Kier molecular flexibility index (Phi) is 4.18. The molecule has 2 aliphatic rings. The van der Waals surface area contributed by atoms with Gasteiger partial charge in [-0.25, -0.2) is 0 Å². The Bertz CT molecular complexity index is 517. The van der Waals surface area contributed by atoms with Crippen molar-refractivity contribution in [1.29, 1.82) is 0 Å². The fourth-order valence-electron chi connectivity index (χ4n) is 2.92. The first-order valence-electron chi connectivity index (χ1n) is 7.56. The Labute approximate surface area is 124 Å². The van der Waals surface area contributed by atoms with Crippen LogP contribution in [0.1, 0.15) is 19.8 Å². The number of carbonyl (C=O) groups is 1. The monoisotopic (exact) mass is 291 g/mol. The lowest BCUT2D eigenvalue weighted by Crippen LogP contribution is -2.21. The fraction of sp³-hybridized carbons (Fsp3) is 0.562. The van der Waals surface area contributed by atoms with Gasteiger partial charge in [0, 0.05) is 24.8 Å². The summed E-state index contributed by atoms with van der Waals surface area (Å²) in [4.78, 5) is 13.9. The number of hydrogen-bond donors (Lipinski definition) is 0. The van der Waals surface area contributed by atoms with Crippen LogP contribution in [0.3, 0.4) is 0 Å². The molecule has 21 heavy (non-hydrogen) atoms. The number of benzene rings is 1. The van der Waals surface area contributed by atoms with E-state index in [1.165, 1.54) is 0 Å². The number of esters is 1. The van der Waals surface area contributed by atoms with E-state index in [1.807, 2.05) is 19.1 Å². The van der Waals surface area contributed by atoms with E-state index in [-0.39, 0.29) is 5.97 Å². The van der Waals surface area contributed by atoms with Crippen molar-refractivity contribution in [3.8, 4) is 11.5 Å². The predicted molar refractivity (Wildman–Crippen MR) is 79.0 cm³/mol. The molecule has 0 amide bonds. The molecular formula is C16H21NO4. The molecule has 5 nitrogen and oxygen atoms in total. The van der Waals surface area contributed by atoms with E-state index in [4.69, 9.17) is 14.2 Å². The summed E-state index contributed by atoms with van der Waals surface area (Å²) in [6.45, 7) is 5.35. The maximum absolute atomic E-state index is 11.6. The maximum Gasteiger partial charge on any atom is 0.306 e. The number of rotatable bonds is 4. The summed E-state index contributed by atoms with van der Waals surface area (Å²) >= 11 is 0. The van der Waals surface area contributed by atoms with E-state index in [0.717, 1.165) is 36.7 Å². The summed E-state index contributed by atoms with van der Waals surface area (Å²) in [6, 6.07) is 6.05. The van der Waals surface area contributed by atoms with Gasteiger partial charge in [-0.2, -0.15) is 0 Å². The minimum atomic E-state index is -0.0912. The fourth-order valence-corrected chi connectivity index (χ4v) is 2.92. The van der Waals surface area contributed by atoms with Crippen molar-refractivity contribution in [3.05, 3.63) is 18.2 Å². The number of ether oxygens (including phenoxy) is 3. The average Bonchev–Trinajstić information content (AvgIpc) is 2.95. The third kappa shape index (κ3) is 3.23. The first-order chi connectivity index (χ1) is 10.3. The van der Waals surface area contributed by atoms with Gasteiger partial charge in [0.1, 0.15) is 13.2 Å². The van der Waals surface area contributed by atoms with Crippen molar-refractivity contribution in [1.82, 2.24) is 0 Å². The lowest BCUT2D eigenvalue weighted by atomic mass is 10.1. The highest BCUT2D eigenvalue weighted by Gasteiger charge is 2.26. The van der Waals surface area contributed by atoms with Crippen molar-refractivity contribution >= 4 is 11.7 Å². The van der Waals surface area contributed by atoms with Crippen molar-refractivity contribution in [2.24, 2.45) is 5.92 Å². The van der Waals surface area contributed by atoms with E-state index < -0.39 is 0 Å². The summed E-state index contributed by atoms with van der Waals surface area (Å²) < 4.78 is 16.2. The maximum atomic E-state index is 11.6. The molecule has 0 N–H and O–H groups in total. The Morgan fingerprint density at radius 2 is 2.14 bits per heavy atom. The Morgan fingerprint density at radius 1 is 1.33 bits per heavy atom. The summed E-state index contributed by atoms with van der Waals surface area (Å²) in [6.07, 6.45) is 1.53. The summed E-state index contributed by atoms with van der Waals surface area (Å²) in [5.41, 5.74) is 1.13. The van der Waals surface area contributed by atoms with E-state index in [2.05, 4.69) is 11.0 Å². The number of carbonyl (C=O) groups excluding carboxylic acids is 1. The second-order valence-corrected chi connectivity index (χ2v) is 5.44. The van der Waals surface area contributed by atoms with Crippen molar-refractivity contribution in [2.75, 3.05) is 37.8 Å². The van der Waals surface area contributed by atoms with Crippen LogP contribution in [0.4, 0.5) is 5.69 Å². The molecule has 0 aliphatic carbocycles. The van der Waals surface area contributed by atoms with Crippen LogP contribution in [-0.2, 0) is 9.53 Å². The molecule has 2 heterocycles. The zero-order valence-corrected chi connectivity index (χ0v) is 12.3. The number of anilines is 1. The normalized spacial score (nSPS) is 20.4. The third-order valence-corrected chi connectivity index (χ3v) is 3.94. The summed E-state index contributed by atoms with van der Waals surface area (Å²) in [5.74, 6) is 1.91. The lowest BCUT2D eigenvalue weighted by molar-refractivity contribution is -0.144. The first kappa shape index (κ1) is 14.0. The molecule has 1 fully saturated rings. The van der Waals surface area contributed by atoms with Crippen LogP contribution in [-0.4, -0.2) is 38.9 Å². The summed E-state index contributed by atoms with van der Waals surface area (Å²) in [7, 11) is 0. The van der Waals surface area contributed by atoms with Gasteiger partial charge in [-0.1, -0.05) is 0 Å². The number of fused-ring (bicyclic) bond motifs is 1. The third-order valence-electron chi connectivity index (χ3n) is 3.94. The molecule has 0 bridgehead atoms. The molecule has 1 saturated heterocycles. The summed E-state index contributed by atoms with van der Waals surface area (Å²) in [5, 5.41) is 0. The molecular weight excluding hydrogens is 270 g/mol. The molecule has 1 aromatic carbocycles. The average molecular weight is 291 g/mol. The molecule has 0 spiro atoms. The Hall–Kier alpha value is -1.91. The van der Waals surface area contributed by atoms with E-state index in [9.17, 15) is 4.79 Å². The van der Waals surface area contributed by atoms with Gasteiger partial charge in [0.2, 0.25) is 0 Å². The molecule has 1 aromatic rings. The molecule has 0 saturated carbocycles. The van der Waals surface area contributed by atoms with Gasteiger partial charge in [-0.3, -0.25) is 4.79 Å². The van der Waals surface area contributed by atoms with Gasteiger partial charge in [0.15, 0.2) is 11.5 Å². The van der Waals surface area contributed by atoms with Gasteiger partial charge in [0.05, 0.1) is 13.0 Å². The largest absolute Gasteiger partial charge is 0.486 e. The second kappa shape index (κ2) is 6.24. The zero-order valence-electron chi connectivity index (χ0n) is 12.3. The SMILES string of the molecule is CCOC(=O)CC1CCN(c2ccc3c(c2)OCCO3)C1. The van der Waals surface area contributed by atoms with Crippen LogP contribution in [0, 0.1) is 5.92 Å². The van der Waals surface area contributed by atoms with Crippen LogP contribution in [0.2, 0.25) is 0 Å². The standard InChI is InChI=1S/C16H21NO4/c1-2-19-16(18)9-12-5-6-17(11-12)13-3-4-14-15(10-13)21-8-7-20-14/h3-4,10,12H,2,5-9,11H2,1H3. The highest BCUT2D eigenvalue weighted by atomic mass is 16.6. The van der Waals surface area contributed by atoms with E-state index in [1.54, 1.807) is 0 Å². The number of nitrogens with zero attached hydrogens (tertiary/aromatic N) is 1. The topological polar surface area (TPSA) is 48.0 Å². The molecule has 1 unspecified atom stereocenters. The van der Waals surface area contributed by atoms with Crippen LogP contribution in [0.25, 0.3) is 0 Å². The predicted octanol–water partition coefficient (Wildman–Crippen LogP) is 2.24. The van der Waals surface area contributed by atoms with Crippen LogP contribution < -0.4 is 14.4 Å². The highest BCUT2D eigenvalue weighted by molar-refractivity contribution is 5.70. The second-order valence-electron chi connectivity index (χ2n) is 5.44. The molecule has 3 rings (SSSR count). The smallest absolute Gasteiger partial charge is 0.306 e. The molecule has 0 radical (unpaired) electrons. The van der Waals surface area contributed by atoms with Crippen molar-refractivity contribution < 1.29 is 19.0 Å². The molecule has 5 heteroatoms. The minimum absolute atomic E-state index is 0.0912. The Balaban J connectivity index is 1.62. The lowest BCUT2D eigenvalue weighted by Gasteiger charge is -2.23. The molecule has 114 valence electrons. The van der Waals surface area contributed by atoms with Crippen LogP contribution in [0.5, 0.6) is 11.5 Å². The molecule has 0 aromatic heterocycles. The van der Waals surface area contributed by atoms with Crippen molar-refractivity contribution in [3.63, 3.8) is 0 Å². The van der Waals surface area contributed by atoms with E-state index >= 15 is 0 Å². The first-order valence-corrected chi connectivity index (χ1v) is 7.56. The quantitative estimate of drug-likeness (QED) is 0.796. The van der Waals surface area contributed by atoms with Crippen LogP contribution >= 0.6 is 0 Å². The van der Waals surface area contributed by atoms with Gasteiger partial charge in [-0.15, -0.1) is 0 Å². The number of hydrogen-bond acceptors (Lipinski definition) is 5. The highest BCUT2D eigenvalue weighted by Crippen LogP contribution is 2.35. The zero-order chi connectivity index (χ0) is 14.7. The molecule has 1 atom stereocenters. The van der Waals surface area contributed by atoms with Gasteiger partial charge < -0.3 is 19.1 Å². The minimum Gasteiger partial charge on any atom is -0.486 e. The van der Waals surface area contributed by atoms with Crippen molar-refractivity contribution in [2.45, 2.75) is 19.8 Å². The van der Waals surface area contributed by atoms with Gasteiger partial charge in [0.25, 0.3) is 0 Å². The molecule has 2 aliphatic heterocycles. The van der Waals surface area contributed by atoms with Gasteiger partial charge in [-0.05, 0) is 31.4 Å². The Morgan fingerprint density at radius 3 is 2.95 bits per heavy atom.